The Hall–Kier alpha value is -3.20. The maximum atomic E-state index is 12.5. The highest BCUT2D eigenvalue weighted by Gasteiger charge is 2.33. The summed E-state index contributed by atoms with van der Waals surface area (Å²) in [6.07, 6.45) is 5.11. The summed E-state index contributed by atoms with van der Waals surface area (Å²) in [5, 5.41) is 5.75. The molecule has 0 spiro atoms. The van der Waals surface area contributed by atoms with E-state index in [-0.39, 0.29) is 24.1 Å². The molecular formula is C23H25N5O3S. The second-order valence-electron chi connectivity index (χ2n) is 7.89. The topological polar surface area (TPSA) is 104 Å². The number of likely N-dealkylation sites (tertiary alicyclic amines) is 1. The van der Waals surface area contributed by atoms with E-state index < -0.39 is 5.25 Å². The first-order valence-corrected chi connectivity index (χ1v) is 11.5. The molecule has 0 unspecified atom stereocenters. The number of nitrogens with zero attached hydrogens (tertiary/aromatic N) is 3. The molecule has 2 aromatic rings. The van der Waals surface area contributed by atoms with Crippen molar-refractivity contribution in [1.29, 1.82) is 0 Å². The van der Waals surface area contributed by atoms with Crippen LogP contribution in [0.2, 0.25) is 0 Å². The molecule has 1 atom stereocenters. The number of pyridine rings is 1. The number of hydrogen-bond donors (Lipinski definition) is 2. The van der Waals surface area contributed by atoms with Gasteiger partial charge in [0, 0.05) is 37.0 Å². The van der Waals surface area contributed by atoms with Crippen LogP contribution in [-0.2, 0) is 9.59 Å². The van der Waals surface area contributed by atoms with Gasteiger partial charge in [-0.1, -0.05) is 23.9 Å². The quantitative estimate of drug-likeness (QED) is 0.722. The highest BCUT2D eigenvalue weighted by Crippen LogP contribution is 2.29. The third-order valence-electron chi connectivity index (χ3n) is 5.29. The predicted molar refractivity (Wildman–Crippen MR) is 126 cm³/mol. The van der Waals surface area contributed by atoms with E-state index in [1.165, 1.54) is 18.2 Å². The number of piperidine rings is 1. The molecule has 166 valence electrons. The van der Waals surface area contributed by atoms with Gasteiger partial charge >= 0.3 is 0 Å². The van der Waals surface area contributed by atoms with Crippen molar-refractivity contribution < 1.29 is 14.4 Å². The maximum Gasteiger partial charge on any atom is 0.262 e. The summed E-state index contributed by atoms with van der Waals surface area (Å²) in [6, 6.07) is 10.3. The number of thioether (sulfide) groups is 1. The fraction of sp³-hybridized carbons (Fsp3) is 0.348. The predicted octanol–water partition coefficient (Wildman–Crippen LogP) is 3.45. The lowest BCUT2D eigenvalue weighted by Gasteiger charge is -2.27. The highest BCUT2D eigenvalue weighted by molar-refractivity contribution is 8.15. The summed E-state index contributed by atoms with van der Waals surface area (Å²) in [5.74, 6) is -0.414. The zero-order chi connectivity index (χ0) is 22.5. The third-order valence-corrected chi connectivity index (χ3v) is 6.50. The number of aromatic nitrogens is 1. The number of aryl methyl sites for hydroxylation is 1. The molecule has 2 aliphatic heterocycles. The molecular weight excluding hydrogens is 426 g/mol. The Kier molecular flexibility index (Phi) is 6.84. The van der Waals surface area contributed by atoms with Crippen molar-refractivity contribution in [3.8, 4) is 0 Å². The average Bonchev–Trinajstić information content (AvgIpc) is 3.16. The number of aliphatic imine (C=N–C) groups is 1. The van der Waals surface area contributed by atoms with Gasteiger partial charge in [-0.25, -0.2) is 4.98 Å². The van der Waals surface area contributed by atoms with Crippen LogP contribution in [0, 0.1) is 6.92 Å². The van der Waals surface area contributed by atoms with Gasteiger partial charge in [0.2, 0.25) is 5.91 Å². The van der Waals surface area contributed by atoms with Crippen LogP contribution in [0.5, 0.6) is 0 Å². The Bertz CT molecular complexity index is 1050. The summed E-state index contributed by atoms with van der Waals surface area (Å²) in [5.41, 5.74) is 1.89. The fourth-order valence-electron chi connectivity index (χ4n) is 3.58. The van der Waals surface area contributed by atoms with Gasteiger partial charge in [-0.05, 0) is 56.0 Å². The van der Waals surface area contributed by atoms with Crippen LogP contribution in [0.15, 0.2) is 47.6 Å². The molecule has 3 heterocycles. The van der Waals surface area contributed by atoms with E-state index in [0.29, 0.717) is 17.1 Å². The second-order valence-corrected chi connectivity index (χ2v) is 9.06. The Morgan fingerprint density at radius 2 is 1.94 bits per heavy atom. The van der Waals surface area contributed by atoms with Gasteiger partial charge in [0.05, 0.1) is 0 Å². The van der Waals surface area contributed by atoms with Crippen molar-refractivity contribution >= 4 is 46.2 Å². The van der Waals surface area contributed by atoms with E-state index in [9.17, 15) is 14.4 Å². The van der Waals surface area contributed by atoms with E-state index in [0.717, 1.165) is 36.7 Å². The molecule has 2 aliphatic rings. The van der Waals surface area contributed by atoms with Crippen LogP contribution in [-0.4, -0.2) is 51.1 Å². The van der Waals surface area contributed by atoms with Crippen molar-refractivity contribution in [2.45, 2.75) is 37.9 Å². The van der Waals surface area contributed by atoms with Crippen molar-refractivity contribution in [1.82, 2.24) is 9.88 Å². The van der Waals surface area contributed by atoms with E-state index in [1.54, 1.807) is 36.5 Å². The second kappa shape index (κ2) is 9.95. The largest absolute Gasteiger partial charge is 0.351 e. The van der Waals surface area contributed by atoms with Gasteiger partial charge < -0.3 is 15.5 Å². The Balaban J connectivity index is 1.32. The van der Waals surface area contributed by atoms with Crippen molar-refractivity contribution in [3.63, 3.8) is 0 Å². The van der Waals surface area contributed by atoms with Gasteiger partial charge in [0.25, 0.3) is 11.8 Å². The molecule has 1 saturated heterocycles. The minimum Gasteiger partial charge on any atom is -0.351 e. The number of rotatable bonds is 5. The standard InChI is InChI=1S/C23H25N5O3S/c1-15-8-9-19(24-14-15)26-21(30)16-6-5-7-17(12-16)25-20(29)13-18-22(31)27-23(32-18)28-10-3-2-4-11-28/h5-9,12,14,18H,2-4,10-11,13H2,1H3,(H,25,29)(H,24,26,30)/t18-/m1/s1. The van der Waals surface area contributed by atoms with Crippen molar-refractivity contribution in [3.05, 3.63) is 53.7 Å². The Labute approximate surface area is 190 Å². The zero-order valence-electron chi connectivity index (χ0n) is 17.8. The van der Waals surface area contributed by atoms with Crippen LogP contribution in [0.4, 0.5) is 11.5 Å². The molecule has 0 radical (unpaired) electrons. The first-order valence-electron chi connectivity index (χ1n) is 10.7. The van der Waals surface area contributed by atoms with Crippen LogP contribution >= 0.6 is 11.8 Å². The number of nitrogens with one attached hydrogen (secondary N) is 2. The normalized spacial score (nSPS) is 18.3. The lowest BCUT2D eigenvalue weighted by atomic mass is 10.1. The minimum atomic E-state index is -0.508. The molecule has 1 aromatic carbocycles. The number of amides is 3. The lowest BCUT2D eigenvalue weighted by molar-refractivity contribution is -0.121. The number of hydrogen-bond acceptors (Lipinski definition) is 6. The fourth-order valence-corrected chi connectivity index (χ4v) is 4.70. The molecule has 0 aliphatic carbocycles. The van der Waals surface area contributed by atoms with Crippen LogP contribution in [0.1, 0.15) is 41.6 Å². The van der Waals surface area contributed by atoms with Gasteiger partial charge in [0.1, 0.15) is 11.1 Å². The number of carbonyl (C=O) groups excluding carboxylic acids is 3. The summed E-state index contributed by atoms with van der Waals surface area (Å²) in [4.78, 5) is 47.8. The molecule has 9 heteroatoms. The van der Waals surface area contributed by atoms with E-state index in [2.05, 4.69) is 25.5 Å². The molecule has 8 nitrogen and oxygen atoms in total. The van der Waals surface area contributed by atoms with E-state index in [1.807, 2.05) is 13.0 Å². The van der Waals surface area contributed by atoms with Gasteiger partial charge in [-0.15, -0.1) is 0 Å². The molecule has 1 fully saturated rings. The third kappa shape index (κ3) is 5.53. The number of carbonyl (C=O) groups is 3. The van der Waals surface area contributed by atoms with E-state index in [4.69, 9.17) is 0 Å². The SMILES string of the molecule is Cc1ccc(NC(=O)c2cccc(NC(=O)C[C@H]3SC(N4CCCCC4)=NC3=O)c2)nc1. The zero-order valence-corrected chi connectivity index (χ0v) is 18.7. The first-order chi connectivity index (χ1) is 15.5. The summed E-state index contributed by atoms with van der Waals surface area (Å²) >= 11 is 1.37. The van der Waals surface area contributed by atoms with Gasteiger partial charge in [-0.2, -0.15) is 4.99 Å². The molecule has 32 heavy (non-hydrogen) atoms. The highest BCUT2D eigenvalue weighted by atomic mass is 32.2. The van der Waals surface area contributed by atoms with Crippen LogP contribution in [0.3, 0.4) is 0 Å². The smallest absolute Gasteiger partial charge is 0.262 e. The molecule has 3 amide bonds. The van der Waals surface area contributed by atoms with E-state index >= 15 is 0 Å². The summed E-state index contributed by atoms with van der Waals surface area (Å²) in [7, 11) is 0. The number of benzene rings is 1. The molecule has 1 aromatic heterocycles. The van der Waals surface area contributed by atoms with Gasteiger partial charge in [-0.3, -0.25) is 14.4 Å². The number of anilines is 2. The average molecular weight is 452 g/mol. The minimum absolute atomic E-state index is 0.0358. The Morgan fingerprint density at radius 1 is 1.12 bits per heavy atom. The van der Waals surface area contributed by atoms with Crippen LogP contribution in [0.25, 0.3) is 0 Å². The van der Waals surface area contributed by atoms with Gasteiger partial charge in [0.15, 0.2) is 5.17 Å². The molecule has 0 bridgehead atoms. The summed E-state index contributed by atoms with van der Waals surface area (Å²) < 4.78 is 0. The molecule has 0 saturated carbocycles. The van der Waals surface area contributed by atoms with Crippen molar-refractivity contribution in [2.75, 3.05) is 23.7 Å². The van der Waals surface area contributed by atoms with Crippen LogP contribution < -0.4 is 10.6 Å². The Morgan fingerprint density at radius 3 is 2.69 bits per heavy atom. The monoisotopic (exact) mass is 451 g/mol. The molecule has 4 rings (SSSR count). The maximum absolute atomic E-state index is 12.5. The first kappa shape index (κ1) is 22.0. The lowest BCUT2D eigenvalue weighted by Crippen LogP contribution is -2.33. The van der Waals surface area contributed by atoms with Crippen molar-refractivity contribution in [2.24, 2.45) is 4.99 Å². The number of amidine groups is 1. The summed E-state index contributed by atoms with van der Waals surface area (Å²) in [6.45, 7) is 3.74. The molecule has 2 N–H and O–H groups in total.